The van der Waals surface area contributed by atoms with E-state index < -0.39 is 23.2 Å². The highest BCUT2D eigenvalue weighted by Gasteiger charge is 2.21. The van der Waals surface area contributed by atoms with Gasteiger partial charge < -0.3 is 10.1 Å². The number of piperidine rings is 1. The predicted molar refractivity (Wildman–Crippen MR) is 70.2 cm³/mol. The summed E-state index contributed by atoms with van der Waals surface area (Å²) in [6.45, 7) is 1.24. The summed E-state index contributed by atoms with van der Waals surface area (Å²) in [6, 6.07) is 3.41. The first kappa shape index (κ1) is 14.6. The van der Waals surface area contributed by atoms with Crippen molar-refractivity contribution in [3.63, 3.8) is 0 Å². The average molecular weight is 282 g/mol. The number of benzene rings is 1. The van der Waals surface area contributed by atoms with E-state index in [-0.39, 0.29) is 12.5 Å². The van der Waals surface area contributed by atoms with Gasteiger partial charge in [0.25, 0.3) is 0 Å². The maximum atomic E-state index is 13.4. The summed E-state index contributed by atoms with van der Waals surface area (Å²) in [5.74, 6) is -2.16. The third-order valence-electron chi connectivity index (χ3n) is 3.33. The Balaban J connectivity index is 1.94. The van der Waals surface area contributed by atoms with Crippen LogP contribution in [0.3, 0.4) is 0 Å². The van der Waals surface area contributed by atoms with Crippen LogP contribution >= 0.6 is 0 Å². The Morgan fingerprint density at radius 3 is 2.75 bits per heavy atom. The van der Waals surface area contributed by atoms with E-state index in [1.54, 1.807) is 0 Å². The number of likely N-dealkylation sites (tertiary alicyclic amines) is 1. The molecule has 1 unspecified atom stereocenters. The lowest BCUT2D eigenvalue weighted by molar-refractivity contribution is -0.119. The van der Waals surface area contributed by atoms with Gasteiger partial charge in [0.05, 0.1) is 6.54 Å². The lowest BCUT2D eigenvalue weighted by Crippen LogP contribution is -2.41. The maximum Gasteiger partial charge on any atom is 0.238 e. The van der Waals surface area contributed by atoms with Crippen molar-refractivity contribution in [3.8, 4) is 0 Å². The lowest BCUT2D eigenvalue weighted by atomic mass is 10.00. The second-order valence-corrected chi connectivity index (χ2v) is 4.92. The molecule has 0 spiro atoms. The second-order valence-electron chi connectivity index (χ2n) is 4.92. The highest BCUT2D eigenvalue weighted by molar-refractivity contribution is 5.92. The molecular formula is C14H16F2N2O2. The van der Waals surface area contributed by atoms with Gasteiger partial charge >= 0.3 is 0 Å². The molecule has 108 valence electrons. The number of halogens is 2. The van der Waals surface area contributed by atoms with Crippen LogP contribution in [0.2, 0.25) is 0 Å². The molecule has 6 heteroatoms. The van der Waals surface area contributed by atoms with Crippen molar-refractivity contribution in [3.05, 3.63) is 29.8 Å². The van der Waals surface area contributed by atoms with E-state index in [0.29, 0.717) is 13.1 Å². The zero-order chi connectivity index (χ0) is 14.5. The van der Waals surface area contributed by atoms with Crippen LogP contribution in [0.15, 0.2) is 18.2 Å². The molecule has 0 bridgehead atoms. The van der Waals surface area contributed by atoms with Gasteiger partial charge in [-0.15, -0.1) is 0 Å². The van der Waals surface area contributed by atoms with Gasteiger partial charge in [-0.1, -0.05) is 6.07 Å². The normalized spacial score (nSPS) is 19.6. The number of nitrogens with zero attached hydrogens (tertiary/aromatic N) is 1. The number of anilines is 1. The SMILES string of the molecule is O=CC1CCCN(CC(=O)Nc2c(F)cccc2F)C1. The van der Waals surface area contributed by atoms with Gasteiger partial charge in [0.15, 0.2) is 0 Å². The molecule has 4 nitrogen and oxygen atoms in total. The third kappa shape index (κ3) is 3.60. The molecular weight excluding hydrogens is 266 g/mol. The molecule has 1 aromatic rings. The van der Waals surface area contributed by atoms with Gasteiger partial charge in [-0.25, -0.2) is 8.78 Å². The van der Waals surface area contributed by atoms with Gasteiger partial charge in [0.1, 0.15) is 23.6 Å². The highest BCUT2D eigenvalue weighted by atomic mass is 19.1. The van der Waals surface area contributed by atoms with Gasteiger partial charge in [0, 0.05) is 12.5 Å². The van der Waals surface area contributed by atoms with Crippen LogP contribution in [-0.4, -0.2) is 36.7 Å². The molecule has 1 saturated heterocycles. The molecule has 0 aromatic heterocycles. The van der Waals surface area contributed by atoms with Crippen LogP contribution in [0.25, 0.3) is 0 Å². The van der Waals surface area contributed by atoms with Crippen LogP contribution < -0.4 is 5.32 Å². The summed E-state index contributed by atoms with van der Waals surface area (Å²) in [7, 11) is 0. The van der Waals surface area contributed by atoms with Crippen LogP contribution in [0, 0.1) is 17.6 Å². The fraction of sp³-hybridized carbons (Fsp3) is 0.429. The molecule has 1 atom stereocenters. The Morgan fingerprint density at radius 1 is 1.40 bits per heavy atom. The number of nitrogens with one attached hydrogen (secondary N) is 1. The summed E-state index contributed by atoms with van der Waals surface area (Å²) in [5, 5.41) is 2.24. The summed E-state index contributed by atoms with van der Waals surface area (Å²) >= 11 is 0. The molecule has 0 radical (unpaired) electrons. The quantitative estimate of drug-likeness (QED) is 0.857. The number of hydrogen-bond donors (Lipinski definition) is 1. The summed E-state index contributed by atoms with van der Waals surface area (Å²) in [5.41, 5.74) is -0.429. The molecule has 0 aliphatic carbocycles. The van der Waals surface area contributed by atoms with Crippen molar-refractivity contribution in [2.75, 3.05) is 25.0 Å². The van der Waals surface area contributed by atoms with E-state index >= 15 is 0 Å². The van der Waals surface area contributed by atoms with Gasteiger partial charge in [-0.2, -0.15) is 0 Å². The highest BCUT2D eigenvalue weighted by Crippen LogP contribution is 2.18. The first-order chi connectivity index (χ1) is 9.60. The number of amides is 1. The predicted octanol–water partition coefficient (Wildman–Crippen LogP) is 1.81. The number of carbonyl (C=O) groups excluding carboxylic acids is 2. The molecule has 1 amide bonds. The number of carbonyl (C=O) groups is 2. The molecule has 0 saturated carbocycles. The average Bonchev–Trinajstić information content (AvgIpc) is 2.43. The van der Waals surface area contributed by atoms with E-state index in [2.05, 4.69) is 5.32 Å². The molecule has 1 aliphatic rings. The Morgan fingerprint density at radius 2 is 2.10 bits per heavy atom. The first-order valence-electron chi connectivity index (χ1n) is 6.51. The monoisotopic (exact) mass is 282 g/mol. The van der Waals surface area contributed by atoms with Gasteiger partial charge in [0.2, 0.25) is 5.91 Å². The zero-order valence-electron chi connectivity index (χ0n) is 10.9. The summed E-state index contributed by atoms with van der Waals surface area (Å²) in [6.07, 6.45) is 2.55. The number of hydrogen-bond acceptors (Lipinski definition) is 3. The van der Waals surface area contributed by atoms with E-state index in [0.717, 1.165) is 31.3 Å². The Kier molecular flexibility index (Phi) is 4.79. The van der Waals surface area contributed by atoms with Crippen LogP contribution in [0.4, 0.5) is 14.5 Å². The standard InChI is InChI=1S/C14H16F2N2O2/c15-11-4-1-5-12(16)14(11)17-13(20)8-18-6-2-3-10(7-18)9-19/h1,4-5,9-10H,2-3,6-8H2,(H,17,20). The third-order valence-corrected chi connectivity index (χ3v) is 3.33. The number of aldehydes is 1. The fourth-order valence-electron chi connectivity index (χ4n) is 2.35. The molecule has 1 heterocycles. The minimum atomic E-state index is -0.803. The lowest BCUT2D eigenvalue weighted by Gasteiger charge is -2.29. The molecule has 1 N–H and O–H groups in total. The topological polar surface area (TPSA) is 49.4 Å². The minimum absolute atomic E-state index is 0.0259. The Bertz CT molecular complexity index is 488. The Labute approximate surface area is 115 Å². The van der Waals surface area contributed by atoms with Crippen LogP contribution in [-0.2, 0) is 9.59 Å². The molecule has 1 aromatic carbocycles. The smallest absolute Gasteiger partial charge is 0.238 e. The minimum Gasteiger partial charge on any atom is -0.320 e. The van der Waals surface area contributed by atoms with Crippen LogP contribution in [0.1, 0.15) is 12.8 Å². The van der Waals surface area contributed by atoms with Crippen molar-refractivity contribution in [1.82, 2.24) is 4.90 Å². The van der Waals surface area contributed by atoms with Crippen molar-refractivity contribution in [2.45, 2.75) is 12.8 Å². The van der Waals surface area contributed by atoms with Crippen LogP contribution in [0.5, 0.6) is 0 Å². The molecule has 20 heavy (non-hydrogen) atoms. The number of para-hydroxylation sites is 1. The molecule has 2 rings (SSSR count). The molecule has 1 aliphatic heterocycles. The maximum absolute atomic E-state index is 13.4. The zero-order valence-corrected chi connectivity index (χ0v) is 10.9. The first-order valence-corrected chi connectivity index (χ1v) is 6.51. The van der Waals surface area contributed by atoms with Crippen molar-refractivity contribution in [1.29, 1.82) is 0 Å². The van der Waals surface area contributed by atoms with Gasteiger partial charge in [-0.3, -0.25) is 9.69 Å². The summed E-state index contributed by atoms with van der Waals surface area (Å²) < 4.78 is 26.8. The van der Waals surface area contributed by atoms with E-state index in [1.165, 1.54) is 6.07 Å². The number of rotatable bonds is 4. The van der Waals surface area contributed by atoms with E-state index in [4.69, 9.17) is 0 Å². The van der Waals surface area contributed by atoms with E-state index in [1.807, 2.05) is 4.90 Å². The Hall–Kier alpha value is -1.82. The second kappa shape index (κ2) is 6.56. The van der Waals surface area contributed by atoms with Crippen molar-refractivity contribution < 1.29 is 18.4 Å². The van der Waals surface area contributed by atoms with Crippen molar-refractivity contribution >= 4 is 17.9 Å². The molecule has 1 fully saturated rings. The summed E-state index contributed by atoms with van der Waals surface area (Å²) in [4.78, 5) is 24.4. The van der Waals surface area contributed by atoms with Crippen molar-refractivity contribution in [2.24, 2.45) is 5.92 Å². The fourth-order valence-corrected chi connectivity index (χ4v) is 2.35. The van der Waals surface area contributed by atoms with E-state index in [9.17, 15) is 18.4 Å². The largest absolute Gasteiger partial charge is 0.320 e. The van der Waals surface area contributed by atoms with Gasteiger partial charge in [-0.05, 0) is 31.5 Å².